The lowest BCUT2D eigenvalue weighted by Crippen LogP contribution is -2.05. The van der Waals surface area contributed by atoms with Crippen LogP contribution in [0.1, 0.15) is 28.1 Å². The van der Waals surface area contributed by atoms with Crippen LogP contribution in [0.4, 0.5) is 0 Å². The molecule has 0 bridgehead atoms. The fourth-order valence-electron chi connectivity index (χ4n) is 3.47. The van der Waals surface area contributed by atoms with Crippen LogP contribution < -0.4 is 0 Å². The molecule has 0 spiro atoms. The number of rotatable bonds is 2. The highest BCUT2D eigenvalue weighted by Gasteiger charge is 2.25. The van der Waals surface area contributed by atoms with Gasteiger partial charge in [-0.05, 0) is 30.7 Å². The Morgan fingerprint density at radius 3 is 2.64 bits per heavy atom. The highest BCUT2D eigenvalue weighted by molar-refractivity contribution is 6.36. The number of halogens is 2. The molecular weight excluding hydrogens is 355 g/mol. The molecule has 0 radical (unpaired) electrons. The number of aryl methyl sites for hydroxylation is 1. The largest absolute Gasteiger partial charge is 0.390 e. The summed E-state index contributed by atoms with van der Waals surface area (Å²) >= 11 is 12.7. The third kappa shape index (κ3) is 2.69. The lowest BCUT2D eigenvalue weighted by Gasteiger charge is -2.13. The first-order valence-electron chi connectivity index (χ1n) is 8.01. The van der Waals surface area contributed by atoms with E-state index in [1.165, 1.54) is 0 Å². The molecule has 0 fully saturated rings. The van der Waals surface area contributed by atoms with Crippen LogP contribution in [0.5, 0.6) is 0 Å². The van der Waals surface area contributed by atoms with E-state index >= 15 is 0 Å². The van der Waals surface area contributed by atoms with Crippen molar-refractivity contribution < 1.29 is 5.11 Å². The van der Waals surface area contributed by atoms with Crippen LogP contribution in [0.25, 0.3) is 11.1 Å². The number of H-pyrrole nitrogens is 1. The Kier molecular flexibility index (Phi) is 4.16. The SMILES string of the molecule is Cc1[nH]c(CO)c2c1-c1ccc(Cl)cc1C(c1ccccc1Cl)=NC2. The molecule has 0 atom stereocenters. The maximum absolute atomic E-state index is 9.70. The van der Waals surface area contributed by atoms with E-state index in [0.29, 0.717) is 16.6 Å². The zero-order chi connectivity index (χ0) is 17.6. The Hall–Kier alpha value is -2.07. The summed E-state index contributed by atoms with van der Waals surface area (Å²) in [6.07, 6.45) is 0. The predicted molar refractivity (Wildman–Crippen MR) is 103 cm³/mol. The van der Waals surface area contributed by atoms with Gasteiger partial charge in [-0.1, -0.05) is 47.5 Å². The number of hydrogen-bond acceptors (Lipinski definition) is 2. The quantitative estimate of drug-likeness (QED) is 0.644. The molecule has 3 aromatic rings. The van der Waals surface area contributed by atoms with Gasteiger partial charge in [0.1, 0.15) is 0 Å². The number of nitrogens with one attached hydrogen (secondary N) is 1. The smallest absolute Gasteiger partial charge is 0.0834 e. The highest BCUT2D eigenvalue weighted by Crippen LogP contribution is 2.38. The second-order valence-corrected chi connectivity index (χ2v) is 6.92. The molecule has 1 aliphatic rings. The lowest BCUT2D eigenvalue weighted by molar-refractivity contribution is 0.276. The Bertz CT molecular complexity index is 1000. The first kappa shape index (κ1) is 16.4. The van der Waals surface area contributed by atoms with Gasteiger partial charge in [0.15, 0.2) is 0 Å². The zero-order valence-electron chi connectivity index (χ0n) is 13.6. The summed E-state index contributed by atoms with van der Waals surface area (Å²) in [7, 11) is 0. The van der Waals surface area contributed by atoms with Crippen LogP contribution in [0.3, 0.4) is 0 Å². The molecule has 0 unspecified atom stereocenters. The second kappa shape index (κ2) is 6.34. The van der Waals surface area contributed by atoms with Gasteiger partial charge < -0.3 is 10.1 Å². The monoisotopic (exact) mass is 370 g/mol. The highest BCUT2D eigenvalue weighted by atomic mass is 35.5. The first-order valence-corrected chi connectivity index (χ1v) is 8.76. The fourth-order valence-corrected chi connectivity index (χ4v) is 3.87. The van der Waals surface area contributed by atoms with Crippen LogP contribution in [-0.2, 0) is 13.2 Å². The Balaban J connectivity index is 2.03. The summed E-state index contributed by atoms with van der Waals surface area (Å²) < 4.78 is 0. The predicted octanol–water partition coefficient (Wildman–Crippen LogP) is 5.14. The van der Waals surface area contributed by atoms with Crippen molar-refractivity contribution in [3.63, 3.8) is 0 Å². The molecule has 0 saturated carbocycles. The summed E-state index contributed by atoms with van der Waals surface area (Å²) in [5, 5.41) is 11.0. The zero-order valence-corrected chi connectivity index (χ0v) is 15.1. The minimum Gasteiger partial charge on any atom is -0.390 e. The van der Waals surface area contributed by atoms with Crippen molar-refractivity contribution in [1.82, 2.24) is 4.98 Å². The molecule has 0 saturated heterocycles. The molecule has 1 aromatic heterocycles. The summed E-state index contributed by atoms with van der Waals surface area (Å²) in [4.78, 5) is 8.12. The molecule has 2 heterocycles. The molecule has 5 heteroatoms. The van der Waals surface area contributed by atoms with Crippen molar-refractivity contribution >= 4 is 28.9 Å². The summed E-state index contributed by atoms with van der Waals surface area (Å²) in [6, 6.07) is 13.5. The van der Waals surface area contributed by atoms with E-state index in [9.17, 15) is 5.11 Å². The molecule has 4 rings (SSSR count). The molecule has 126 valence electrons. The summed E-state index contributed by atoms with van der Waals surface area (Å²) in [6.45, 7) is 2.44. The summed E-state index contributed by atoms with van der Waals surface area (Å²) in [5.41, 5.74) is 7.62. The minimum absolute atomic E-state index is 0.0456. The number of aliphatic hydroxyl groups excluding tert-OH is 1. The van der Waals surface area contributed by atoms with Crippen LogP contribution in [-0.4, -0.2) is 15.8 Å². The standard InChI is InChI=1S/C20H16Cl2N2O/c1-11-19-13-7-6-12(21)8-15(13)20(14-4-2-3-5-17(14)22)23-9-16(19)18(10-25)24-11/h2-8,24-25H,9-10H2,1H3. The van der Waals surface area contributed by atoms with Gasteiger partial charge in [-0.15, -0.1) is 0 Å². The molecule has 0 aliphatic carbocycles. The van der Waals surface area contributed by atoms with Gasteiger partial charge in [-0.25, -0.2) is 0 Å². The fraction of sp³-hybridized carbons (Fsp3) is 0.150. The number of hydrogen-bond donors (Lipinski definition) is 2. The van der Waals surface area contributed by atoms with Gasteiger partial charge >= 0.3 is 0 Å². The van der Waals surface area contributed by atoms with Crippen molar-refractivity contribution in [2.24, 2.45) is 4.99 Å². The topological polar surface area (TPSA) is 48.4 Å². The average Bonchev–Trinajstić information content (AvgIpc) is 2.82. The van der Waals surface area contributed by atoms with Crippen molar-refractivity contribution in [1.29, 1.82) is 0 Å². The second-order valence-electron chi connectivity index (χ2n) is 6.07. The van der Waals surface area contributed by atoms with Gasteiger partial charge in [0, 0.05) is 43.7 Å². The normalized spacial score (nSPS) is 13.0. The number of aliphatic imine (C=N–C) groups is 1. The molecular formula is C20H16Cl2N2O. The third-order valence-electron chi connectivity index (χ3n) is 4.57. The van der Waals surface area contributed by atoms with E-state index in [4.69, 9.17) is 28.2 Å². The minimum atomic E-state index is -0.0456. The molecule has 25 heavy (non-hydrogen) atoms. The number of aromatic amines is 1. The van der Waals surface area contributed by atoms with E-state index in [0.717, 1.165) is 44.9 Å². The first-order chi connectivity index (χ1) is 12.1. The van der Waals surface area contributed by atoms with Crippen molar-refractivity contribution in [2.45, 2.75) is 20.1 Å². The van der Waals surface area contributed by atoms with E-state index in [1.807, 2.05) is 49.4 Å². The molecule has 0 amide bonds. The van der Waals surface area contributed by atoms with Gasteiger partial charge in [-0.2, -0.15) is 0 Å². The van der Waals surface area contributed by atoms with Gasteiger partial charge in [-0.3, -0.25) is 4.99 Å². The van der Waals surface area contributed by atoms with E-state index < -0.39 is 0 Å². The van der Waals surface area contributed by atoms with Crippen molar-refractivity contribution in [3.8, 4) is 11.1 Å². The number of aliphatic hydroxyl groups is 1. The van der Waals surface area contributed by atoms with Gasteiger partial charge in [0.05, 0.1) is 18.9 Å². The number of aromatic nitrogens is 1. The van der Waals surface area contributed by atoms with Gasteiger partial charge in [0.2, 0.25) is 0 Å². The van der Waals surface area contributed by atoms with E-state index in [-0.39, 0.29) is 6.61 Å². The molecule has 3 nitrogen and oxygen atoms in total. The molecule has 1 aliphatic heterocycles. The average molecular weight is 371 g/mol. The summed E-state index contributed by atoms with van der Waals surface area (Å²) in [5.74, 6) is 0. The van der Waals surface area contributed by atoms with Gasteiger partial charge in [0.25, 0.3) is 0 Å². The third-order valence-corrected chi connectivity index (χ3v) is 5.13. The molecule has 2 N–H and O–H groups in total. The maximum atomic E-state index is 9.70. The maximum Gasteiger partial charge on any atom is 0.0834 e. The Morgan fingerprint density at radius 2 is 1.88 bits per heavy atom. The lowest BCUT2D eigenvalue weighted by atomic mass is 9.92. The number of benzene rings is 2. The number of nitrogens with zero attached hydrogens (tertiary/aromatic N) is 1. The van der Waals surface area contributed by atoms with Crippen LogP contribution >= 0.6 is 23.2 Å². The van der Waals surface area contributed by atoms with E-state index in [2.05, 4.69) is 4.98 Å². The van der Waals surface area contributed by atoms with Crippen molar-refractivity contribution in [2.75, 3.05) is 0 Å². The molecule has 2 aromatic carbocycles. The van der Waals surface area contributed by atoms with Crippen molar-refractivity contribution in [3.05, 3.63) is 80.6 Å². The van der Waals surface area contributed by atoms with E-state index in [1.54, 1.807) is 0 Å². The van der Waals surface area contributed by atoms with Crippen LogP contribution in [0, 0.1) is 6.92 Å². The number of fused-ring (bicyclic) bond motifs is 3. The van der Waals surface area contributed by atoms with Crippen LogP contribution in [0.2, 0.25) is 10.0 Å². The Morgan fingerprint density at radius 1 is 1.08 bits per heavy atom. The van der Waals surface area contributed by atoms with Crippen LogP contribution in [0.15, 0.2) is 47.5 Å². The Labute approximate surface area is 156 Å².